The average Bonchev–Trinajstić information content (AvgIpc) is 2.35. The van der Waals surface area contributed by atoms with Gasteiger partial charge in [0.2, 0.25) is 0 Å². The van der Waals surface area contributed by atoms with E-state index in [1.807, 2.05) is 0 Å². The van der Waals surface area contributed by atoms with E-state index in [-0.39, 0.29) is 10.8 Å². The summed E-state index contributed by atoms with van der Waals surface area (Å²) in [4.78, 5) is 12.1. The summed E-state index contributed by atoms with van der Waals surface area (Å²) < 4.78 is 0. The van der Waals surface area contributed by atoms with E-state index < -0.39 is 0 Å². The van der Waals surface area contributed by atoms with Gasteiger partial charge in [0, 0.05) is 12.0 Å². The Morgan fingerprint density at radius 3 is 2.29 bits per heavy atom. The summed E-state index contributed by atoms with van der Waals surface area (Å²) >= 11 is 0. The molecule has 0 radical (unpaired) electrons. The molecule has 17 heavy (non-hydrogen) atoms. The fraction of sp³-hybridized carbons (Fsp3) is 0.562. The highest BCUT2D eigenvalue weighted by Gasteiger charge is 2.37. The van der Waals surface area contributed by atoms with Gasteiger partial charge in [0.25, 0.3) is 0 Å². The molecule has 0 aliphatic heterocycles. The van der Waals surface area contributed by atoms with Crippen LogP contribution in [0.15, 0.2) is 12.1 Å². The number of benzene rings is 1. The molecule has 1 nitrogen and oxygen atoms in total. The van der Waals surface area contributed by atoms with Crippen molar-refractivity contribution in [2.24, 2.45) is 0 Å². The van der Waals surface area contributed by atoms with Crippen molar-refractivity contribution in [1.82, 2.24) is 0 Å². The van der Waals surface area contributed by atoms with Gasteiger partial charge in [-0.2, -0.15) is 0 Å². The van der Waals surface area contributed by atoms with Crippen molar-refractivity contribution in [1.29, 1.82) is 0 Å². The van der Waals surface area contributed by atoms with E-state index in [4.69, 9.17) is 0 Å². The van der Waals surface area contributed by atoms with Crippen LogP contribution in [-0.4, -0.2) is 5.78 Å². The third kappa shape index (κ3) is 1.92. The normalized spacial score (nSPS) is 18.4. The SMILES string of the molecule is Cc1cc(C(C)(C)C)cc2c1C(=O)CC2(C)C. The van der Waals surface area contributed by atoms with Crippen LogP contribution in [0.1, 0.15) is 68.1 Å². The third-order valence-electron chi connectivity index (χ3n) is 3.81. The van der Waals surface area contributed by atoms with Crippen molar-refractivity contribution < 1.29 is 4.79 Å². The molecule has 1 heteroatoms. The summed E-state index contributed by atoms with van der Waals surface area (Å²) in [6.07, 6.45) is 0.650. The topological polar surface area (TPSA) is 17.1 Å². The van der Waals surface area contributed by atoms with Gasteiger partial charge in [-0.3, -0.25) is 4.79 Å². The van der Waals surface area contributed by atoms with E-state index in [1.165, 1.54) is 11.1 Å². The van der Waals surface area contributed by atoms with Crippen LogP contribution >= 0.6 is 0 Å². The molecule has 0 heterocycles. The van der Waals surface area contributed by atoms with Crippen LogP contribution in [0.2, 0.25) is 0 Å². The Balaban J connectivity index is 2.70. The standard InChI is InChI=1S/C16H22O/c1-10-7-11(15(2,3)4)8-12-14(10)13(17)9-16(12,5)6/h7-8H,9H2,1-6H3. The predicted molar refractivity (Wildman–Crippen MR) is 71.9 cm³/mol. The van der Waals surface area contributed by atoms with Crippen molar-refractivity contribution in [3.05, 3.63) is 34.4 Å². The molecule has 1 aliphatic rings. The monoisotopic (exact) mass is 230 g/mol. The maximum Gasteiger partial charge on any atom is 0.164 e. The summed E-state index contributed by atoms with van der Waals surface area (Å²) in [5.74, 6) is 0.308. The Labute approximate surface area is 104 Å². The number of ketones is 1. The molecule has 0 atom stereocenters. The number of carbonyl (C=O) groups is 1. The van der Waals surface area contributed by atoms with Gasteiger partial charge in [-0.1, -0.05) is 46.8 Å². The number of aryl methyl sites for hydroxylation is 1. The number of rotatable bonds is 0. The Kier molecular flexibility index (Phi) is 2.50. The van der Waals surface area contributed by atoms with E-state index in [0.29, 0.717) is 12.2 Å². The smallest absolute Gasteiger partial charge is 0.164 e. The van der Waals surface area contributed by atoms with Crippen LogP contribution in [0.4, 0.5) is 0 Å². The van der Waals surface area contributed by atoms with E-state index in [0.717, 1.165) is 11.1 Å². The molecule has 0 unspecified atom stereocenters. The zero-order valence-electron chi connectivity index (χ0n) is 11.8. The number of hydrogen-bond acceptors (Lipinski definition) is 1. The Bertz CT molecular complexity index is 487. The van der Waals surface area contributed by atoms with Gasteiger partial charge in [0.05, 0.1) is 0 Å². The molecule has 1 aromatic carbocycles. The zero-order valence-corrected chi connectivity index (χ0v) is 11.8. The fourth-order valence-electron chi connectivity index (χ4n) is 2.71. The van der Waals surface area contributed by atoms with E-state index in [1.54, 1.807) is 0 Å². The molecular weight excluding hydrogens is 208 g/mol. The molecule has 0 amide bonds. The zero-order chi connectivity index (χ0) is 13.0. The van der Waals surface area contributed by atoms with Crippen molar-refractivity contribution in [2.75, 3.05) is 0 Å². The average molecular weight is 230 g/mol. The molecule has 0 bridgehead atoms. The van der Waals surface area contributed by atoms with Gasteiger partial charge in [0.15, 0.2) is 5.78 Å². The molecule has 1 aromatic rings. The molecule has 0 saturated carbocycles. The summed E-state index contributed by atoms with van der Waals surface area (Å²) in [6.45, 7) is 13.1. The molecular formula is C16H22O. The van der Waals surface area contributed by atoms with Crippen LogP contribution in [0, 0.1) is 6.92 Å². The first-order valence-electron chi connectivity index (χ1n) is 6.32. The number of hydrogen-bond donors (Lipinski definition) is 0. The van der Waals surface area contributed by atoms with Crippen LogP contribution in [0.3, 0.4) is 0 Å². The molecule has 2 rings (SSSR count). The first-order valence-corrected chi connectivity index (χ1v) is 6.32. The number of Topliss-reactive ketones (excluding diaryl/α,β-unsaturated/α-hetero) is 1. The minimum Gasteiger partial charge on any atom is -0.294 e. The maximum absolute atomic E-state index is 12.1. The Morgan fingerprint density at radius 2 is 1.76 bits per heavy atom. The minimum atomic E-state index is -0.00155. The number of carbonyl (C=O) groups excluding carboxylic acids is 1. The molecule has 92 valence electrons. The van der Waals surface area contributed by atoms with Crippen LogP contribution in [0.5, 0.6) is 0 Å². The van der Waals surface area contributed by atoms with E-state index in [2.05, 4.69) is 53.7 Å². The predicted octanol–water partition coefficient (Wildman–Crippen LogP) is 4.16. The molecule has 0 N–H and O–H groups in total. The lowest BCUT2D eigenvalue weighted by molar-refractivity contribution is 0.0979. The van der Waals surface area contributed by atoms with Crippen LogP contribution in [0.25, 0.3) is 0 Å². The Morgan fingerprint density at radius 1 is 1.18 bits per heavy atom. The molecule has 0 fully saturated rings. The highest BCUT2D eigenvalue weighted by Crippen LogP contribution is 2.41. The molecule has 0 aromatic heterocycles. The molecule has 0 saturated heterocycles. The summed E-state index contributed by atoms with van der Waals surface area (Å²) in [5, 5.41) is 0. The first-order chi connectivity index (χ1) is 7.63. The van der Waals surface area contributed by atoms with E-state index >= 15 is 0 Å². The van der Waals surface area contributed by atoms with Crippen molar-refractivity contribution >= 4 is 5.78 Å². The largest absolute Gasteiger partial charge is 0.294 e. The van der Waals surface area contributed by atoms with Crippen molar-refractivity contribution in [3.63, 3.8) is 0 Å². The first kappa shape index (κ1) is 12.3. The summed E-state index contributed by atoms with van der Waals surface area (Å²) in [7, 11) is 0. The van der Waals surface area contributed by atoms with Gasteiger partial charge >= 0.3 is 0 Å². The van der Waals surface area contributed by atoms with Crippen molar-refractivity contribution in [3.8, 4) is 0 Å². The molecule has 0 spiro atoms. The second-order valence-electron chi connectivity index (χ2n) is 6.95. The summed E-state index contributed by atoms with van der Waals surface area (Å²) in [6, 6.07) is 4.42. The quantitative estimate of drug-likeness (QED) is 0.654. The second-order valence-corrected chi connectivity index (χ2v) is 6.95. The fourth-order valence-corrected chi connectivity index (χ4v) is 2.71. The number of fused-ring (bicyclic) bond motifs is 1. The summed E-state index contributed by atoms with van der Waals surface area (Å²) in [5.41, 5.74) is 4.83. The van der Waals surface area contributed by atoms with E-state index in [9.17, 15) is 4.79 Å². The highest BCUT2D eigenvalue weighted by atomic mass is 16.1. The van der Waals surface area contributed by atoms with Gasteiger partial charge in [-0.05, 0) is 34.4 Å². The maximum atomic E-state index is 12.1. The van der Waals surface area contributed by atoms with Crippen LogP contribution < -0.4 is 0 Å². The third-order valence-corrected chi connectivity index (χ3v) is 3.81. The van der Waals surface area contributed by atoms with Crippen LogP contribution in [-0.2, 0) is 10.8 Å². The molecule has 1 aliphatic carbocycles. The highest BCUT2D eigenvalue weighted by molar-refractivity contribution is 6.03. The minimum absolute atomic E-state index is 0.00155. The van der Waals surface area contributed by atoms with Gasteiger partial charge in [-0.25, -0.2) is 0 Å². The van der Waals surface area contributed by atoms with Crippen molar-refractivity contribution in [2.45, 2.75) is 58.8 Å². The van der Waals surface area contributed by atoms with Gasteiger partial charge in [0.1, 0.15) is 0 Å². The lowest BCUT2D eigenvalue weighted by atomic mass is 9.80. The van der Waals surface area contributed by atoms with Gasteiger partial charge < -0.3 is 0 Å². The second kappa shape index (κ2) is 3.44. The van der Waals surface area contributed by atoms with Gasteiger partial charge in [-0.15, -0.1) is 0 Å². The lowest BCUT2D eigenvalue weighted by Gasteiger charge is -2.24. The Hall–Kier alpha value is -1.11. The lowest BCUT2D eigenvalue weighted by Crippen LogP contribution is -2.16.